The molecule has 0 aliphatic rings. The van der Waals surface area contributed by atoms with Crippen molar-refractivity contribution in [3.63, 3.8) is 0 Å². The van der Waals surface area contributed by atoms with Crippen molar-refractivity contribution >= 4 is 16.8 Å². The maximum absolute atomic E-state index is 12.6. The number of hydrogen-bond donors (Lipinski definition) is 1. The Labute approximate surface area is 169 Å². The van der Waals surface area contributed by atoms with E-state index in [1.54, 1.807) is 13.3 Å². The topological polar surface area (TPSA) is 69.0 Å². The molecule has 0 aliphatic heterocycles. The second kappa shape index (κ2) is 8.14. The molecule has 6 heteroatoms. The quantitative estimate of drug-likeness (QED) is 0.548. The summed E-state index contributed by atoms with van der Waals surface area (Å²) in [5.41, 5.74) is 4.28. The third-order valence-corrected chi connectivity index (χ3v) is 4.86. The minimum Gasteiger partial charge on any atom is -0.497 e. The number of carbonyl (C=O) groups excluding carboxylic acids is 1. The van der Waals surface area contributed by atoms with Crippen LogP contribution in [0.25, 0.3) is 16.6 Å². The maximum atomic E-state index is 12.6. The highest BCUT2D eigenvalue weighted by atomic mass is 16.5. The van der Waals surface area contributed by atoms with Crippen molar-refractivity contribution in [2.24, 2.45) is 0 Å². The lowest BCUT2D eigenvalue weighted by Crippen LogP contribution is -2.26. The van der Waals surface area contributed by atoms with E-state index in [0.29, 0.717) is 17.8 Å². The zero-order chi connectivity index (χ0) is 20.2. The molecule has 0 unspecified atom stereocenters. The van der Waals surface area contributed by atoms with Crippen LogP contribution in [0.15, 0.2) is 67.0 Å². The van der Waals surface area contributed by atoms with E-state index in [4.69, 9.17) is 4.74 Å². The highest BCUT2D eigenvalue weighted by molar-refractivity contribution is 5.98. The van der Waals surface area contributed by atoms with Gasteiger partial charge in [-0.3, -0.25) is 9.78 Å². The van der Waals surface area contributed by atoms with Gasteiger partial charge in [-0.2, -0.15) is 5.10 Å². The number of benzene rings is 2. The molecule has 0 aliphatic carbocycles. The van der Waals surface area contributed by atoms with Crippen LogP contribution in [0.4, 0.5) is 0 Å². The number of aromatic nitrogens is 3. The van der Waals surface area contributed by atoms with Gasteiger partial charge in [0.15, 0.2) is 0 Å². The van der Waals surface area contributed by atoms with E-state index in [1.807, 2.05) is 60.3 Å². The average Bonchev–Trinajstić information content (AvgIpc) is 3.28. The van der Waals surface area contributed by atoms with Crippen LogP contribution in [0.3, 0.4) is 0 Å². The standard InChI is InChI=1S/C23H22N4O2/c1-16-21(14-18-6-9-20(29-2)15-22(18)26-16)23(28)24-12-10-17-4-7-19(8-5-17)27-13-3-11-25-27/h3-9,11,13-15H,10,12H2,1-2H3,(H,24,28). The molecule has 2 aromatic carbocycles. The van der Waals surface area contributed by atoms with Crippen LogP contribution in [0.1, 0.15) is 21.6 Å². The summed E-state index contributed by atoms with van der Waals surface area (Å²) in [6.45, 7) is 2.40. The fraction of sp³-hybridized carbons (Fsp3) is 0.174. The summed E-state index contributed by atoms with van der Waals surface area (Å²) in [5, 5.41) is 8.13. The molecule has 1 N–H and O–H groups in total. The Kier molecular flexibility index (Phi) is 5.24. The van der Waals surface area contributed by atoms with Gasteiger partial charge >= 0.3 is 0 Å². The predicted molar refractivity (Wildman–Crippen MR) is 113 cm³/mol. The molecule has 4 aromatic rings. The van der Waals surface area contributed by atoms with Crippen LogP contribution < -0.4 is 10.1 Å². The molecule has 6 nitrogen and oxygen atoms in total. The molecule has 0 fully saturated rings. The first-order valence-electron chi connectivity index (χ1n) is 9.46. The van der Waals surface area contributed by atoms with Gasteiger partial charge < -0.3 is 10.1 Å². The van der Waals surface area contributed by atoms with E-state index in [9.17, 15) is 4.79 Å². The highest BCUT2D eigenvalue weighted by Gasteiger charge is 2.12. The molecule has 0 spiro atoms. The molecule has 2 heterocycles. The Bertz CT molecular complexity index is 1140. The van der Waals surface area contributed by atoms with Crippen LogP contribution in [0.2, 0.25) is 0 Å². The number of nitrogens with zero attached hydrogens (tertiary/aromatic N) is 3. The van der Waals surface area contributed by atoms with Crippen molar-refractivity contribution in [1.29, 1.82) is 0 Å². The first kappa shape index (κ1) is 18.7. The predicted octanol–water partition coefficient (Wildman–Crippen LogP) is 3.71. The summed E-state index contributed by atoms with van der Waals surface area (Å²) in [4.78, 5) is 17.2. The van der Waals surface area contributed by atoms with Gasteiger partial charge in [0.1, 0.15) is 5.75 Å². The van der Waals surface area contributed by atoms with Crippen molar-refractivity contribution < 1.29 is 9.53 Å². The van der Waals surface area contributed by atoms with E-state index in [1.165, 1.54) is 0 Å². The normalized spacial score (nSPS) is 10.8. The molecular formula is C23H22N4O2. The molecule has 0 saturated heterocycles. The van der Waals surface area contributed by atoms with E-state index in [0.717, 1.165) is 34.3 Å². The van der Waals surface area contributed by atoms with Crippen molar-refractivity contribution in [1.82, 2.24) is 20.1 Å². The highest BCUT2D eigenvalue weighted by Crippen LogP contribution is 2.21. The Morgan fingerprint density at radius 2 is 1.97 bits per heavy atom. The summed E-state index contributed by atoms with van der Waals surface area (Å²) in [6, 6.07) is 17.6. The summed E-state index contributed by atoms with van der Waals surface area (Å²) in [6.07, 6.45) is 4.41. The zero-order valence-electron chi connectivity index (χ0n) is 16.4. The fourth-order valence-electron chi connectivity index (χ4n) is 3.25. The zero-order valence-corrected chi connectivity index (χ0v) is 16.4. The van der Waals surface area contributed by atoms with Crippen LogP contribution >= 0.6 is 0 Å². The lowest BCUT2D eigenvalue weighted by atomic mass is 10.1. The molecule has 29 heavy (non-hydrogen) atoms. The van der Waals surface area contributed by atoms with Gasteiger partial charge in [0.25, 0.3) is 5.91 Å². The van der Waals surface area contributed by atoms with Crippen LogP contribution in [-0.4, -0.2) is 34.3 Å². The summed E-state index contributed by atoms with van der Waals surface area (Å²) in [5.74, 6) is 0.640. The second-order valence-electron chi connectivity index (χ2n) is 6.80. The number of nitrogens with one attached hydrogen (secondary N) is 1. The minimum absolute atomic E-state index is 0.110. The van der Waals surface area contributed by atoms with Crippen molar-refractivity contribution in [2.75, 3.05) is 13.7 Å². The van der Waals surface area contributed by atoms with Gasteiger partial charge in [-0.15, -0.1) is 0 Å². The lowest BCUT2D eigenvalue weighted by molar-refractivity contribution is 0.0953. The van der Waals surface area contributed by atoms with Crippen molar-refractivity contribution in [3.05, 3.63) is 83.8 Å². The van der Waals surface area contributed by atoms with Crippen molar-refractivity contribution in [2.45, 2.75) is 13.3 Å². The molecule has 4 rings (SSSR count). The molecule has 2 aromatic heterocycles. The number of fused-ring (bicyclic) bond motifs is 1. The smallest absolute Gasteiger partial charge is 0.253 e. The number of methoxy groups -OCH3 is 1. The first-order chi connectivity index (χ1) is 14.1. The first-order valence-corrected chi connectivity index (χ1v) is 9.46. The maximum Gasteiger partial charge on any atom is 0.253 e. The molecule has 0 saturated carbocycles. The van der Waals surface area contributed by atoms with Gasteiger partial charge in [-0.25, -0.2) is 4.68 Å². The molecule has 146 valence electrons. The molecular weight excluding hydrogens is 364 g/mol. The second-order valence-corrected chi connectivity index (χ2v) is 6.80. The van der Waals surface area contributed by atoms with E-state index in [2.05, 4.69) is 27.5 Å². The third kappa shape index (κ3) is 4.11. The summed E-state index contributed by atoms with van der Waals surface area (Å²) in [7, 11) is 1.63. The van der Waals surface area contributed by atoms with Crippen LogP contribution in [-0.2, 0) is 6.42 Å². The van der Waals surface area contributed by atoms with Crippen LogP contribution in [0, 0.1) is 6.92 Å². The third-order valence-electron chi connectivity index (χ3n) is 4.86. The van der Waals surface area contributed by atoms with Gasteiger partial charge in [0.05, 0.1) is 29.6 Å². The largest absolute Gasteiger partial charge is 0.497 e. The van der Waals surface area contributed by atoms with Gasteiger partial charge in [0.2, 0.25) is 0 Å². The van der Waals surface area contributed by atoms with Crippen molar-refractivity contribution in [3.8, 4) is 11.4 Å². The number of carbonyl (C=O) groups is 1. The minimum atomic E-state index is -0.110. The lowest BCUT2D eigenvalue weighted by Gasteiger charge is -2.10. The number of pyridine rings is 1. The Morgan fingerprint density at radius 3 is 2.69 bits per heavy atom. The fourth-order valence-corrected chi connectivity index (χ4v) is 3.25. The molecule has 0 radical (unpaired) electrons. The van der Waals surface area contributed by atoms with Crippen LogP contribution in [0.5, 0.6) is 5.75 Å². The molecule has 1 amide bonds. The average molecular weight is 386 g/mol. The Morgan fingerprint density at radius 1 is 1.14 bits per heavy atom. The number of amides is 1. The molecule has 0 atom stereocenters. The Hall–Kier alpha value is -3.67. The Balaban J connectivity index is 1.40. The molecule has 0 bridgehead atoms. The van der Waals surface area contributed by atoms with Gasteiger partial charge in [-0.1, -0.05) is 12.1 Å². The summed E-state index contributed by atoms with van der Waals surface area (Å²) >= 11 is 0. The van der Waals surface area contributed by atoms with E-state index < -0.39 is 0 Å². The van der Waals surface area contributed by atoms with Gasteiger partial charge in [-0.05, 0) is 55.3 Å². The SMILES string of the molecule is COc1ccc2cc(C(=O)NCCc3ccc(-n4cccn4)cc3)c(C)nc2c1. The number of hydrogen-bond acceptors (Lipinski definition) is 4. The number of ether oxygens (including phenoxy) is 1. The monoisotopic (exact) mass is 386 g/mol. The summed E-state index contributed by atoms with van der Waals surface area (Å²) < 4.78 is 7.06. The van der Waals surface area contributed by atoms with E-state index in [-0.39, 0.29) is 5.91 Å². The number of aryl methyl sites for hydroxylation is 1. The number of rotatable bonds is 6. The van der Waals surface area contributed by atoms with E-state index >= 15 is 0 Å². The van der Waals surface area contributed by atoms with Gasteiger partial charge in [0, 0.05) is 30.4 Å².